The molecule has 5 rings (SSSR count). The Balaban J connectivity index is 1.17. The highest BCUT2D eigenvalue weighted by Gasteiger charge is 2.42. The second kappa shape index (κ2) is 10.3. The van der Waals surface area contributed by atoms with Crippen LogP contribution in [0.2, 0.25) is 15.1 Å². The number of aliphatic carboxylic acids is 1. The number of aromatic nitrogens is 2. The van der Waals surface area contributed by atoms with E-state index in [1.165, 1.54) is 12.8 Å². The fourth-order valence-electron chi connectivity index (χ4n) is 5.57. The molecule has 3 fully saturated rings. The zero-order valence-corrected chi connectivity index (χ0v) is 21.9. The van der Waals surface area contributed by atoms with Gasteiger partial charge >= 0.3 is 5.97 Å². The highest BCUT2D eigenvalue weighted by atomic mass is 35.5. The first-order chi connectivity index (χ1) is 16.8. The predicted octanol–water partition coefficient (Wildman–Crippen LogP) is 5.62. The van der Waals surface area contributed by atoms with E-state index in [4.69, 9.17) is 39.8 Å². The Morgan fingerprint density at radius 1 is 1.14 bits per heavy atom. The van der Waals surface area contributed by atoms with Gasteiger partial charge in [-0.05, 0) is 68.7 Å². The number of carboxylic acids is 1. The number of hydrogen-bond donors (Lipinski definition) is 2. The van der Waals surface area contributed by atoms with Crippen LogP contribution >= 0.6 is 34.8 Å². The topological polar surface area (TPSA) is 81.6 Å². The van der Waals surface area contributed by atoms with Crippen molar-refractivity contribution in [2.75, 3.05) is 36.4 Å². The van der Waals surface area contributed by atoms with Crippen LogP contribution in [-0.2, 0) is 4.79 Å². The van der Waals surface area contributed by atoms with Gasteiger partial charge in [-0.1, -0.05) is 40.9 Å². The van der Waals surface area contributed by atoms with Crippen LogP contribution in [0.1, 0.15) is 44.2 Å². The summed E-state index contributed by atoms with van der Waals surface area (Å²) in [7, 11) is 0. The van der Waals surface area contributed by atoms with E-state index < -0.39 is 5.97 Å². The molecule has 0 unspecified atom stereocenters. The average Bonchev–Trinajstić information content (AvgIpc) is 2.74. The molecule has 10 heteroatoms. The molecule has 1 aliphatic carbocycles. The molecule has 35 heavy (non-hydrogen) atoms. The molecule has 2 saturated heterocycles. The van der Waals surface area contributed by atoms with Crippen LogP contribution in [0.5, 0.6) is 0 Å². The third-order valence-corrected chi connectivity index (χ3v) is 8.68. The molecule has 3 heterocycles. The van der Waals surface area contributed by atoms with Crippen LogP contribution in [0.15, 0.2) is 24.4 Å². The van der Waals surface area contributed by atoms with Crippen molar-refractivity contribution < 1.29 is 9.90 Å². The minimum absolute atomic E-state index is 0.107. The summed E-state index contributed by atoms with van der Waals surface area (Å²) in [6.45, 7) is 6.03. The molecule has 3 aliphatic rings. The van der Waals surface area contributed by atoms with E-state index in [2.05, 4.69) is 20.1 Å². The number of hydrogen-bond acceptors (Lipinski definition) is 6. The number of carbonyl (C=O) groups is 1. The summed E-state index contributed by atoms with van der Waals surface area (Å²) < 4.78 is 0. The minimum Gasteiger partial charge on any atom is -0.481 e. The standard InChI is InChI=1S/C25H30Cl3N5O2/c1-14(20-5-4-18(26)9-21(20)27)30-23-22(28)10-29-25(31-23)33-12-17(13-33)15-3-2-6-32(11-15)19-7-16(8-19)24(34)35/h4-5,9-10,14-17,19H,2-3,6-8,11-13H2,1H3,(H,34,35)(H,29,30,31)/t14-,15+,16-,19+/m1/s1. The third-order valence-electron chi connectivity index (χ3n) is 7.84. The zero-order valence-electron chi connectivity index (χ0n) is 19.6. The first-order valence-corrected chi connectivity index (χ1v) is 13.4. The van der Waals surface area contributed by atoms with E-state index in [1.807, 2.05) is 19.1 Å². The molecule has 7 nitrogen and oxygen atoms in total. The summed E-state index contributed by atoms with van der Waals surface area (Å²) in [5.41, 5.74) is 0.916. The van der Waals surface area contributed by atoms with Crippen molar-refractivity contribution in [1.82, 2.24) is 14.9 Å². The van der Waals surface area contributed by atoms with Crippen molar-refractivity contribution in [3.8, 4) is 0 Å². The van der Waals surface area contributed by atoms with Crippen molar-refractivity contribution in [3.05, 3.63) is 45.0 Å². The maximum atomic E-state index is 11.2. The molecule has 0 spiro atoms. The average molecular weight is 539 g/mol. The third kappa shape index (κ3) is 5.33. The van der Waals surface area contributed by atoms with E-state index in [9.17, 15) is 9.90 Å². The molecule has 2 aliphatic heterocycles. The van der Waals surface area contributed by atoms with Gasteiger partial charge in [-0.3, -0.25) is 4.79 Å². The van der Waals surface area contributed by atoms with Gasteiger partial charge in [-0.15, -0.1) is 0 Å². The molecule has 2 N–H and O–H groups in total. The summed E-state index contributed by atoms with van der Waals surface area (Å²) in [5, 5.41) is 14.2. The second-order valence-corrected chi connectivity index (χ2v) is 11.4. The monoisotopic (exact) mass is 537 g/mol. The van der Waals surface area contributed by atoms with Crippen molar-refractivity contribution in [1.29, 1.82) is 0 Å². The Labute approximate surface area is 220 Å². The lowest BCUT2D eigenvalue weighted by Gasteiger charge is -2.50. The largest absolute Gasteiger partial charge is 0.481 e. The summed E-state index contributed by atoms with van der Waals surface area (Å²) >= 11 is 18.8. The maximum Gasteiger partial charge on any atom is 0.306 e. The molecule has 0 amide bonds. The molecule has 0 bridgehead atoms. The number of rotatable bonds is 7. The Morgan fingerprint density at radius 2 is 1.91 bits per heavy atom. The Kier molecular flexibility index (Phi) is 7.31. The molecular weight excluding hydrogens is 509 g/mol. The summed E-state index contributed by atoms with van der Waals surface area (Å²) in [6.07, 6.45) is 5.66. The minimum atomic E-state index is -0.646. The molecule has 188 valence electrons. The van der Waals surface area contributed by atoms with Gasteiger partial charge < -0.3 is 20.2 Å². The number of carboxylic acid groups (broad SMARTS) is 1. The Morgan fingerprint density at radius 3 is 2.63 bits per heavy atom. The van der Waals surface area contributed by atoms with Gasteiger partial charge in [0.2, 0.25) is 5.95 Å². The Bertz CT molecular complexity index is 1090. The Hall–Kier alpha value is -1.80. The van der Waals surface area contributed by atoms with Crippen LogP contribution in [0.3, 0.4) is 0 Å². The summed E-state index contributed by atoms with van der Waals surface area (Å²) in [4.78, 5) is 25.1. The van der Waals surface area contributed by atoms with Crippen molar-refractivity contribution in [3.63, 3.8) is 0 Å². The van der Waals surface area contributed by atoms with Crippen molar-refractivity contribution in [2.24, 2.45) is 17.8 Å². The van der Waals surface area contributed by atoms with Crippen LogP contribution in [-0.4, -0.2) is 58.2 Å². The van der Waals surface area contributed by atoms with Gasteiger partial charge in [-0.2, -0.15) is 4.98 Å². The molecule has 2 aromatic rings. The van der Waals surface area contributed by atoms with Gasteiger partial charge in [0, 0.05) is 35.7 Å². The van der Waals surface area contributed by atoms with Gasteiger partial charge in [0.25, 0.3) is 0 Å². The van der Waals surface area contributed by atoms with Crippen molar-refractivity contribution >= 4 is 52.5 Å². The van der Waals surface area contributed by atoms with E-state index >= 15 is 0 Å². The highest BCUT2D eigenvalue weighted by molar-refractivity contribution is 6.35. The molecular formula is C25H30Cl3N5O2. The molecule has 1 aromatic heterocycles. The van der Waals surface area contributed by atoms with Gasteiger partial charge in [0.05, 0.1) is 18.2 Å². The SMILES string of the molecule is C[C@@H](Nc1nc(N2CC([C@H]3CCCN([C@H]4C[C@@H](C(=O)O)C4)C3)C2)ncc1Cl)c1ccc(Cl)cc1Cl. The fraction of sp³-hybridized carbons (Fsp3) is 0.560. The van der Waals surface area contributed by atoms with Crippen LogP contribution in [0, 0.1) is 17.8 Å². The van der Waals surface area contributed by atoms with Gasteiger partial charge in [-0.25, -0.2) is 4.98 Å². The molecule has 0 radical (unpaired) electrons. The number of piperidine rings is 1. The summed E-state index contributed by atoms with van der Waals surface area (Å²) in [5.74, 6) is 1.71. The number of anilines is 2. The first-order valence-electron chi connectivity index (χ1n) is 12.2. The molecule has 1 saturated carbocycles. The van der Waals surface area contributed by atoms with E-state index in [-0.39, 0.29) is 12.0 Å². The van der Waals surface area contributed by atoms with E-state index in [0.29, 0.717) is 44.7 Å². The lowest BCUT2D eigenvalue weighted by atomic mass is 9.76. The fourth-order valence-corrected chi connectivity index (χ4v) is 6.28. The van der Waals surface area contributed by atoms with E-state index in [0.717, 1.165) is 44.6 Å². The number of benzene rings is 1. The number of halogens is 3. The quantitative estimate of drug-likeness (QED) is 0.473. The second-order valence-electron chi connectivity index (χ2n) is 10.1. The van der Waals surface area contributed by atoms with Crippen LogP contribution in [0.25, 0.3) is 0 Å². The normalized spacial score (nSPS) is 26.1. The number of nitrogens with zero attached hydrogens (tertiary/aromatic N) is 4. The smallest absolute Gasteiger partial charge is 0.306 e. The lowest BCUT2D eigenvalue weighted by molar-refractivity contribution is -0.147. The number of likely N-dealkylation sites (tertiary alicyclic amines) is 1. The summed E-state index contributed by atoms with van der Waals surface area (Å²) in [6, 6.07) is 5.78. The lowest BCUT2D eigenvalue weighted by Crippen LogP contribution is -2.56. The maximum absolute atomic E-state index is 11.2. The highest BCUT2D eigenvalue weighted by Crippen LogP contribution is 2.38. The number of nitrogens with one attached hydrogen (secondary N) is 1. The first kappa shape index (κ1) is 24.9. The van der Waals surface area contributed by atoms with Crippen LogP contribution < -0.4 is 10.2 Å². The molecule has 2 atom stereocenters. The van der Waals surface area contributed by atoms with Gasteiger partial charge in [0.1, 0.15) is 5.02 Å². The predicted molar refractivity (Wildman–Crippen MR) is 140 cm³/mol. The van der Waals surface area contributed by atoms with Crippen LogP contribution in [0.4, 0.5) is 11.8 Å². The zero-order chi connectivity index (χ0) is 24.7. The van der Waals surface area contributed by atoms with Gasteiger partial charge in [0.15, 0.2) is 5.82 Å². The van der Waals surface area contributed by atoms with Crippen molar-refractivity contribution in [2.45, 2.75) is 44.7 Å². The van der Waals surface area contributed by atoms with E-state index in [1.54, 1.807) is 12.3 Å². The molecule has 1 aromatic carbocycles.